The summed E-state index contributed by atoms with van der Waals surface area (Å²) < 4.78 is 14.5. The first-order valence-electron chi connectivity index (χ1n) is 6.83. The van der Waals surface area contributed by atoms with Crippen LogP contribution in [0.1, 0.15) is 15.9 Å². The monoisotopic (exact) mass is 365 g/mol. The van der Waals surface area contributed by atoms with Gasteiger partial charge in [0.05, 0.1) is 5.56 Å². The molecule has 0 aliphatic heterocycles. The molecule has 0 radical (unpaired) electrons. The first-order chi connectivity index (χ1) is 10.5. The van der Waals surface area contributed by atoms with E-state index in [1.165, 1.54) is 6.07 Å². The largest absolute Gasteiger partial charge is 0.362 e. The van der Waals surface area contributed by atoms with Gasteiger partial charge < -0.3 is 10.2 Å². The molecule has 2 aromatic rings. The molecule has 6 heteroatoms. The van der Waals surface area contributed by atoms with Gasteiger partial charge in [-0.1, -0.05) is 15.9 Å². The number of nitrogens with zero attached hydrogens (tertiary/aromatic N) is 2. The Hall–Kier alpha value is -1.95. The van der Waals surface area contributed by atoms with Crippen molar-refractivity contribution in [3.63, 3.8) is 0 Å². The SMILES string of the molecule is CN(C)c1ncccc1C(=O)NCCc1cc(Br)ccc1F. The van der Waals surface area contributed by atoms with Crippen molar-refractivity contribution in [2.45, 2.75) is 6.42 Å². The molecule has 0 atom stereocenters. The molecule has 0 saturated carbocycles. The molecule has 1 N–H and O–H groups in total. The van der Waals surface area contributed by atoms with Gasteiger partial charge in [-0.25, -0.2) is 9.37 Å². The maximum atomic E-state index is 13.6. The van der Waals surface area contributed by atoms with Gasteiger partial charge in [0.15, 0.2) is 0 Å². The van der Waals surface area contributed by atoms with Gasteiger partial charge >= 0.3 is 0 Å². The normalized spacial score (nSPS) is 10.4. The van der Waals surface area contributed by atoms with Gasteiger partial charge in [0, 0.05) is 31.3 Å². The quantitative estimate of drug-likeness (QED) is 0.885. The van der Waals surface area contributed by atoms with Crippen LogP contribution in [0.5, 0.6) is 0 Å². The average molecular weight is 366 g/mol. The summed E-state index contributed by atoms with van der Waals surface area (Å²) in [6, 6.07) is 8.22. The highest BCUT2D eigenvalue weighted by Gasteiger charge is 2.13. The Labute approximate surface area is 137 Å². The number of aromatic nitrogens is 1. The molecule has 0 aliphatic carbocycles. The summed E-state index contributed by atoms with van der Waals surface area (Å²) >= 11 is 3.31. The number of hydrogen-bond acceptors (Lipinski definition) is 3. The van der Waals surface area contributed by atoms with Crippen LogP contribution in [-0.2, 0) is 6.42 Å². The van der Waals surface area contributed by atoms with Crippen LogP contribution in [-0.4, -0.2) is 31.5 Å². The van der Waals surface area contributed by atoms with Crippen molar-refractivity contribution in [2.75, 3.05) is 25.5 Å². The molecule has 1 aromatic carbocycles. The zero-order valence-electron chi connectivity index (χ0n) is 12.4. The molecule has 0 fully saturated rings. The van der Waals surface area contributed by atoms with E-state index in [1.54, 1.807) is 35.4 Å². The molecule has 1 aromatic heterocycles. The highest BCUT2D eigenvalue weighted by molar-refractivity contribution is 9.10. The lowest BCUT2D eigenvalue weighted by molar-refractivity contribution is 0.0954. The summed E-state index contributed by atoms with van der Waals surface area (Å²) in [4.78, 5) is 18.2. The predicted molar refractivity (Wildman–Crippen MR) is 88.7 cm³/mol. The highest BCUT2D eigenvalue weighted by atomic mass is 79.9. The van der Waals surface area contributed by atoms with Gasteiger partial charge in [0.25, 0.3) is 5.91 Å². The number of amides is 1. The van der Waals surface area contributed by atoms with Crippen molar-refractivity contribution < 1.29 is 9.18 Å². The highest BCUT2D eigenvalue weighted by Crippen LogP contribution is 2.16. The van der Waals surface area contributed by atoms with Gasteiger partial charge in [0.2, 0.25) is 0 Å². The number of halogens is 2. The minimum Gasteiger partial charge on any atom is -0.362 e. The van der Waals surface area contributed by atoms with Gasteiger partial charge in [-0.05, 0) is 42.3 Å². The summed E-state index contributed by atoms with van der Waals surface area (Å²) in [5.74, 6) is 0.119. The molecule has 1 amide bonds. The maximum Gasteiger partial charge on any atom is 0.255 e. The minimum absolute atomic E-state index is 0.216. The third kappa shape index (κ3) is 4.04. The third-order valence-corrected chi connectivity index (χ3v) is 3.64. The van der Waals surface area contributed by atoms with Crippen molar-refractivity contribution in [2.24, 2.45) is 0 Å². The van der Waals surface area contributed by atoms with Gasteiger partial charge in [-0.2, -0.15) is 0 Å². The first-order valence-corrected chi connectivity index (χ1v) is 7.63. The molecule has 0 bridgehead atoms. The standard InChI is InChI=1S/C16H17BrFN3O/c1-21(2)15-13(4-3-8-19-15)16(22)20-9-7-11-10-12(17)5-6-14(11)18/h3-6,8,10H,7,9H2,1-2H3,(H,20,22). The number of carbonyl (C=O) groups is 1. The van der Waals surface area contributed by atoms with Gasteiger partial charge in [-0.3, -0.25) is 4.79 Å². The molecule has 22 heavy (non-hydrogen) atoms. The zero-order valence-corrected chi connectivity index (χ0v) is 14.0. The number of benzene rings is 1. The third-order valence-electron chi connectivity index (χ3n) is 3.14. The lowest BCUT2D eigenvalue weighted by atomic mass is 10.1. The van der Waals surface area contributed by atoms with E-state index in [0.29, 0.717) is 29.9 Å². The lowest BCUT2D eigenvalue weighted by Gasteiger charge is -2.15. The molecule has 1 heterocycles. The van der Waals surface area contributed by atoms with Crippen LogP contribution in [0.4, 0.5) is 10.2 Å². The fraction of sp³-hybridized carbons (Fsp3) is 0.250. The topological polar surface area (TPSA) is 45.2 Å². The van der Waals surface area contributed by atoms with E-state index in [4.69, 9.17) is 0 Å². The van der Waals surface area contributed by atoms with Gasteiger partial charge in [-0.15, -0.1) is 0 Å². The first kappa shape index (κ1) is 16.4. The maximum absolute atomic E-state index is 13.6. The Balaban J connectivity index is 2.00. The molecule has 4 nitrogen and oxygen atoms in total. The van der Waals surface area contributed by atoms with Crippen molar-refractivity contribution in [3.8, 4) is 0 Å². The van der Waals surface area contributed by atoms with Crippen molar-refractivity contribution in [1.29, 1.82) is 0 Å². The smallest absolute Gasteiger partial charge is 0.255 e. The fourth-order valence-corrected chi connectivity index (χ4v) is 2.48. The number of anilines is 1. The molecular weight excluding hydrogens is 349 g/mol. The lowest BCUT2D eigenvalue weighted by Crippen LogP contribution is -2.28. The van der Waals surface area contributed by atoms with E-state index in [9.17, 15) is 9.18 Å². The Bertz CT molecular complexity index is 676. The summed E-state index contributed by atoms with van der Waals surface area (Å²) in [6.45, 7) is 0.355. The van der Waals surface area contributed by atoms with E-state index in [1.807, 2.05) is 14.1 Å². The van der Waals surface area contributed by atoms with Gasteiger partial charge in [0.1, 0.15) is 11.6 Å². The van der Waals surface area contributed by atoms with Crippen molar-refractivity contribution in [3.05, 3.63) is 57.9 Å². The van der Waals surface area contributed by atoms with Crippen LogP contribution in [0.15, 0.2) is 41.0 Å². The van der Waals surface area contributed by atoms with Crippen LogP contribution >= 0.6 is 15.9 Å². The Morgan fingerprint density at radius 2 is 2.14 bits per heavy atom. The van der Waals surface area contributed by atoms with Crippen LogP contribution in [0.3, 0.4) is 0 Å². The van der Waals surface area contributed by atoms with E-state index in [-0.39, 0.29) is 11.7 Å². The molecule has 0 spiro atoms. The van der Waals surface area contributed by atoms with E-state index in [0.717, 1.165) is 4.47 Å². The van der Waals surface area contributed by atoms with Crippen molar-refractivity contribution >= 4 is 27.7 Å². The number of rotatable bonds is 5. The van der Waals surface area contributed by atoms with Crippen LogP contribution in [0.25, 0.3) is 0 Å². The molecule has 116 valence electrons. The molecule has 0 aliphatic rings. The number of carbonyl (C=O) groups excluding carboxylic acids is 1. The fourth-order valence-electron chi connectivity index (χ4n) is 2.07. The van der Waals surface area contributed by atoms with Crippen molar-refractivity contribution in [1.82, 2.24) is 10.3 Å². The predicted octanol–water partition coefficient (Wildman–Crippen LogP) is 3.02. The molecule has 2 rings (SSSR count). The molecular formula is C16H17BrFN3O. The minimum atomic E-state index is -0.271. The Kier molecular flexibility index (Phi) is 5.49. The van der Waals surface area contributed by atoms with E-state index in [2.05, 4.69) is 26.2 Å². The summed E-state index contributed by atoms with van der Waals surface area (Å²) in [7, 11) is 3.66. The Morgan fingerprint density at radius 3 is 2.86 bits per heavy atom. The molecule has 0 unspecified atom stereocenters. The van der Waals surface area contributed by atoms with E-state index >= 15 is 0 Å². The second-order valence-corrected chi connectivity index (χ2v) is 5.93. The van der Waals surface area contributed by atoms with Crippen LogP contribution in [0.2, 0.25) is 0 Å². The molecule has 0 saturated heterocycles. The second kappa shape index (κ2) is 7.35. The second-order valence-electron chi connectivity index (χ2n) is 5.01. The van der Waals surface area contributed by atoms with Crippen LogP contribution in [0, 0.1) is 5.82 Å². The summed E-state index contributed by atoms with van der Waals surface area (Å²) in [5, 5.41) is 2.80. The van der Waals surface area contributed by atoms with Crippen LogP contribution < -0.4 is 10.2 Å². The van der Waals surface area contributed by atoms with E-state index < -0.39 is 0 Å². The zero-order chi connectivity index (χ0) is 16.1. The number of hydrogen-bond donors (Lipinski definition) is 1. The number of nitrogens with one attached hydrogen (secondary N) is 1. The average Bonchev–Trinajstić information content (AvgIpc) is 2.50. The summed E-state index contributed by atoms with van der Waals surface area (Å²) in [5.41, 5.74) is 1.07. The Morgan fingerprint density at radius 1 is 1.36 bits per heavy atom. The summed E-state index contributed by atoms with van der Waals surface area (Å²) in [6.07, 6.45) is 2.07. The number of pyridine rings is 1.